The molecule has 0 saturated heterocycles. The number of hydrogen-bond donors (Lipinski definition) is 4. The van der Waals surface area contributed by atoms with Crippen LogP contribution in [0.3, 0.4) is 0 Å². The topological polar surface area (TPSA) is 107 Å². The maximum atomic E-state index is 12.9. The van der Waals surface area contributed by atoms with Crippen LogP contribution in [0.2, 0.25) is 0 Å². The third-order valence-corrected chi connectivity index (χ3v) is 5.42. The second-order valence-electron chi connectivity index (χ2n) is 8.27. The number of carbonyl (C=O) groups is 1. The monoisotopic (exact) mass is 424 g/mol. The molecule has 4 N–H and O–H groups in total. The van der Waals surface area contributed by atoms with Gasteiger partial charge in [0.05, 0.1) is 12.5 Å². The Morgan fingerprint density at radius 3 is 2.52 bits per heavy atom. The van der Waals surface area contributed by atoms with E-state index >= 15 is 0 Å². The molecule has 2 aromatic carbocycles. The molecule has 3 rings (SSSR count). The van der Waals surface area contributed by atoms with Gasteiger partial charge >= 0.3 is 0 Å². The second kappa shape index (κ2) is 8.86. The van der Waals surface area contributed by atoms with E-state index in [0.717, 1.165) is 5.57 Å². The van der Waals surface area contributed by atoms with Gasteiger partial charge in [0, 0.05) is 18.1 Å². The summed E-state index contributed by atoms with van der Waals surface area (Å²) in [7, 11) is 0. The van der Waals surface area contributed by atoms with Gasteiger partial charge in [-0.2, -0.15) is 0 Å². The van der Waals surface area contributed by atoms with Crippen molar-refractivity contribution < 1.29 is 30.0 Å². The zero-order valence-electron chi connectivity index (χ0n) is 18.0. The van der Waals surface area contributed by atoms with E-state index in [-0.39, 0.29) is 47.2 Å². The van der Waals surface area contributed by atoms with Crippen molar-refractivity contribution in [1.29, 1.82) is 0 Å². The molecular formula is C25H28O6. The van der Waals surface area contributed by atoms with Crippen molar-refractivity contribution in [3.63, 3.8) is 0 Å². The van der Waals surface area contributed by atoms with Crippen molar-refractivity contribution in [3.05, 3.63) is 70.3 Å². The van der Waals surface area contributed by atoms with Gasteiger partial charge in [-0.25, -0.2) is 0 Å². The SMILES string of the molecule is C=C(C)C(O)Cc1cc([C@@H]2CC(=O)c3c(O)cc(O)c(CC=C(C)C)c3O2)ccc1O. The van der Waals surface area contributed by atoms with Gasteiger partial charge in [0.2, 0.25) is 0 Å². The van der Waals surface area contributed by atoms with Gasteiger partial charge in [0.1, 0.15) is 34.7 Å². The third-order valence-electron chi connectivity index (χ3n) is 5.42. The average Bonchev–Trinajstić information content (AvgIpc) is 2.68. The van der Waals surface area contributed by atoms with Crippen LogP contribution in [0.4, 0.5) is 0 Å². The summed E-state index contributed by atoms with van der Waals surface area (Å²) in [5.41, 5.74) is 3.29. The lowest BCUT2D eigenvalue weighted by atomic mass is 9.91. The number of phenolic OH excluding ortho intramolecular Hbond substituents is 3. The fourth-order valence-corrected chi connectivity index (χ4v) is 3.57. The van der Waals surface area contributed by atoms with E-state index in [1.807, 2.05) is 19.9 Å². The zero-order chi connectivity index (χ0) is 22.9. The summed E-state index contributed by atoms with van der Waals surface area (Å²) in [4.78, 5) is 12.9. The summed E-state index contributed by atoms with van der Waals surface area (Å²) in [5, 5.41) is 41.0. The maximum absolute atomic E-state index is 12.9. The minimum Gasteiger partial charge on any atom is -0.508 e. The number of aliphatic hydroxyl groups excluding tert-OH is 1. The number of hydrogen-bond acceptors (Lipinski definition) is 6. The molecule has 0 aliphatic carbocycles. The molecule has 0 aromatic heterocycles. The molecule has 31 heavy (non-hydrogen) atoms. The van der Waals surface area contributed by atoms with Gasteiger partial charge in [-0.3, -0.25) is 4.79 Å². The highest BCUT2D eigenvalue weighted by Crippen LogP contribution is 2.45. The Kier molecular flexibility index (Phi) is 6.41. The van der Waals surface area contributed by atoms with Crippen LogP contribution in [0.25, 0.3) is 0 Å². The van der Waals surface area contributed by atoms with E-state index in [1.54, 1.807) is 19.1 Å². The summed E-state index contributed by atoms with van der Waals surface area (Å²) in [6.45, 7) is 9.29. The van der Waals surface area contributed by atoms with E-state index in [9.17, 15) is 25.2 Å². The molecule has 0 radical (unpaired) electrons. The van der Waals surface area contributed by atoms with Crippen LogP contribution >= 0.6 is 0 Å². The van der Waals surface area contributed by atoms with Crippen molar-refractivity contribution in [2.24, 2.45) is 0 Å². The number of allylic oxidation sites excluding steroid dienone is 2. The Morgan fingerprint density at radius 2 is 1.87 bits per heavy atom. The number of aliphatic hydroxyl groups is 1. The highest BCUT2D eigenvalue weighted by molar-refractivity contribution is 6.03. The first-order valence-corrected chi connectivity index (χ1v) is 10.1. The third kappa shape index (κ3) is 4.75. The lowest BCUT2D eigenvalue weighted by Gasteiger charge is -2.28. The van der Waals surface area contributed by atoms with E-state index in [0.29, 0.717) is 28.7 Å². The Bertz CT molecular complexity index is 1060. The summed E-state index contributed by atoms with van der Waals surface area (Å²) >= 11 is 0. The lowest BCUT2D eigenvalue weighted by Crippen LogP contribution is -2.22. The summed E-state index contributed by atoms with van der Waals surface area (Å²) in [6.07, 6.45) is 0.970. The number of phenols is 3. The average molecular weight is 424 g/mol. The quantitative estimate of drug-likeness (QED) is 0.509. The summed E-state index contributed by atoms with van der Waals surface area (Å²) in [5.74, 6) is -0.538. The molecule has 1 aliphatic heterocycles. The summed E-state index contributed by atoms with van der Waals surface area (Å²) < 4.78 is 6.13. The summed E-state index contributed by atoms with van der Waals surface area (Å²) in [6, 6.07) is 6.03. The molecule has 0 spiro atoms. The zero-order valence-corrected chi connectivity index (χ0v) is 18.0. The number of fused-ring (bicyclic) bond motifs is 1. The van der Waals surface area contributed by atoms with Crippen molar-refractivity contribution in [3.8, 4) is 23.0 Å². The molecule has 2 aromatic rings. The molecule has 1 heterocycles. The Labute approximate surface area is 181 Å². The van der Waals surface area contributed by atoms with E-state index in [4.69, 9.17) is 4.74 Å². The lowest BCUT2D eigenvalue weighted by molar-refractivity contribution is 0.0842. The fourth-order valence-electron chi connectivity index (χ4n) is 3.57. The minimum atomic E-state index is -0.805. The molecule has 164 valence electrons. The predicted molar refractivity (Wildman–Crippen MR) is 118 cm³/mol. The largest absolute Gasteiger partial charge is 0.508 e. The van der Waals surface area contributed by atoms with Gasteiger partial charge < -0.3 is 25.2 Å². The predicted octanol–water partition coefficient (Wildman–Crippen LogP) is 4.50. The molecule has 0 amide bonds. The Hall–Kier alpha value is -3.25. The highest BCUT2D eigenvalue weighted by atomic mass is 16.5. The van der Waals surface area contributed by atoms with E-state index < -0.39 is 12.2 Å². The number of Topliss-reactive ketones (excluding diaryl/α,β-unsaturated/α-hetero) is 1. The number of benzene rings is 2. The van der Waals surface area contributed by atoms with E-state index in [2.05, 4.69) is 6.58 Å². The minimum absolute atomic E-state index is 0.000670. The van der Waals surface area contributed by atoms with Crippen molar-refractivity contribution in [2.75, 3.05) is 0 Å². The number of carbonyl (C=O) groups excluding carboxylic acids is 1. The number of ketones is 1. The van der Waals surface area contributed by atoms with Gasteiger partial charge in [-0.15, -0.1) is 0 Å². The maximum Gasteiger partial charge on any atom is 0.174 e. The molecule has 0 bridgehead atoms. The first-order chi connectivity index (χ1) is 14.6. The second-order valence-corrected chi connectivity index (χ2v) is 8.27. The molecular weight excluding hydrogens is 396 g/mol. The fraction of sp³-hybridized carbons (Fsp3) is 0.320. The van der Waals surface area contributed by atoms with Gasteiger partial charge in [-0.05, 0) is 50.5 Å². The first kappa shape index (κ1) is 22.4. The van der Waals surface area contributed by atoms with Crippen molar-refractivity contribution in [2.45, 2.75) is 52.2 Å². The van der Waals surface area contributed by atoms with Crippen LogP contribution in [-0.2, 0) is 12.8 Å². The molecule has 1 aliphatic rings. The van der Waals surface area contributed by atoms with Gasteiger partial charge in [0.25, 0.3) is 0 Å². The van der Waals surface area contributed by atoms with Crippen LogP contribution in [0.5, 0.6) is 23.0 Å². The molecule has 6 nitrogen and oxygen atoms in total. The van der Waals surface area contributed by atoms with Crippen LogP contribution in [-0.4, -0.2) is 32.3 Å². The molecule has 2 atom stereocenters. The number of ether oxygens (including phenoxy) is 1. The molecule has 0 fully saturated rings. The van der Waals surface area contributed by atoms with Crippen LogP contribution in [0.15, 0.2) is 48.1 Å². The van der Waals surface area contributed by atoms with Crippen molar-refractivity contribution in [1.82, 2.24) is 0 Å². The van der Waals surface area contributed by atoms with Crippen molar-refractivity contribution >= 4 is 5.78 Å². The normalized spacial score (nSPS) is 16.3. The smallest absolute Gasteiger partial charge is 0.174 e. The van der Waals surface area contributed by atoms with Crippen LogP contribution < -0.4 is 4.74 Å². The Morgan fingerprint density at radius 1 is 1.16 bits per heavy atom. The number of aromatic hydroxyl groups is 3. The van der Waals surface area contributed by atoms with Gasteiger partial charge in [-0.1, -0.05) is 29.9 Å². The molecule has 1 unspecified atom stereocenters. The van der Waals surface area contributed by atoms with E-state index in [1.165, 1.54) is 12.1 Å². The van der Waals surface area contributed by atoms with Crippen LogP contribution in [0, 0.1) is 0 Å². The van der Waals surface area contributed by atoms with Crippen LogP contribution in [0.1, 0.15) is 60.3 Å². The first-order valence-electron chi connectivity index (χ1n) is 10.1. The highest BCUT2D eigenvalue weighted by Gasteiger charge is 2.33. The Balaban J connectivity index is 2.01. The number of rotatable bonds is 6. The van der Waals surface area contributed by atoms with Gasteiger partial charge in [0.15, 0.2) is 5.78 Å². The molecule has 0 saturated carbocycles. The molecule has 6 heteroatoms. The standard InChI is InChI=1S/C25H28O6/c1-13(2)5-7-17-20(28)11-21(29)24-22(30)12-23(31-25(17)24)15-6-8-18(26)16(9-15)10-19(27)14(3)4/h5-6,8-9,11,19,23,26-29H,3,7,10,12H2,1-2,4H3/t19?,23-/m0/s1.